The van der Waals surface area contributed by atoms with Crippen molar-refractivity contribution >= 4 is 38.9 Å². The maximum atomic E-state index is 12.9. The van der Waals surface area contributed by atoms with Crippen molar-refractivity contribution in [1.29, 1.82) is 5.41 Å². The summed E-state index contributed by atoms with van der Waals surface area (Å²) in [6.07, 6.45) is 1.36. The predicted octanol–water partition coefficient (Wildman–Crippen LogP) is 3.68. The minimum Gasteiger partial charge on any atom is -0.398 e. The Morgan fingerprint density at radius 3 is 2.12 bits per heavy atom. The monoisotopic (exact) mass is 465 g/mol. The first-order valence-corrected chi connectivity index (χ1v) is 11.9. The molecule has 33 heavy (non-hydrogen) atoms. The number of nitrogen functional groups attached to an aromatic ring is 1. The van der Waals surface area contributed by atoms with E-state index in [2.05, 4.69) is 9.44 Å². The van der Waals surface area contributed by atoms with E-state index in [1.165, 1.54) is 24.3 Å². The first-order chi connectivity index (χ1) is 15.6. The minimum atomic E-state index is -3.96. The van der Waals surface area contributed by atoms with E-state index in [4.69, 9.17) is 16.9 Å². The number of amides is 1. The fourth-order valence-electron chi connectivity index (χ4n) is 3.51. The molecule has 0 aromatic heterocycles. The van der Waals surface area contributed by atoms with Crippen LogP contribution in [0, 0.1) is 5.41 Å². The Kier molecular flexibility index (Phi) is 7.03. The van der Waals surface area contributed by atoms with E-state index in [0.29, 0.717) is 35.3 Å². The SMILES string of the molecule is CCc1cccc(CC)c1NS(=O)(=O)Nc1ccc(N)c(C(=N)c2cccc(C(N)=O)c2)c1. The molecule has 0 bridgehead atoms. The second kappa shape index (κ2) is 9.74. The van der Waals surface area contributed by atoms with Gasteiger partial charge in [-0.05, 0) is 54.3 Å². The van der Waals surface area contributed by atoms with E-state index in [1.54, 1.807) is 18.2 Å². The molecular formula is C24H27N5O3S. The fourth-order valence-corrected chi connectivity index (χ4v) is 4.53. The molecule has 0 atom stereocenters. The van der Waals surface area contributed by atoms with Gasteiger partial charge in [0.15, 0.2) is 0 Å². The van der Waals surface area contributed by atoms with Crippen LogP contribution in [0.15, 0.2) is 60.7 Å². The number of rotatable bonds is 9. The van der Waals surface area contributed by atoms with Crippen LogP contribution in [0.25, 0.3) is 0 Å². The summed E-state index contributed by atoms with van der Waals surface area (Å²) in [5.41, 5.74) is 15.4. The highest BCUT2D eigenvalue weighted by Gasteiger charge is 2.17. The predicted molar refractivity (Wildman–Crippen MR) is 133 cm³/mol. The maximum absolute atomic E-state index is 12.9. The molecular weight excluding hydrogens is 438 g/mol. The lowest BCUT2D eigenvalue weighted by atomic mass is 9.98. The molecule has 3 aromatic rings. The molecule has 3 aromatic carbocycles. The number of carbonyl (C=O) groups is 1. The maximum Gasteiger partial charge on any atom is 0.321 e. The number of nitrogens with two attached hydrogens (primary N) is 2. The van der Waals surface area contributed by atoms with Gasteiger partial charge in [-0.1, -0.05) is 44.2 Å². The molecule has 3 rings (SSSR count). The Hall–Kier alpha value is -3.85. The highest BCUT2D eigenvalue weighted by Crippen LogP contribution is 2.26. The summed E-state index contributed by atoms with van der Waals surface area (Å²) < 4.78 is 31.0. The summed E-state index contributed by atoms with van der Waals surface area (Å²) in [6.45, 7) is 3.93. The Balaban J connectivity index is 1.90. The van der Waals surface area contributed by atoms with Crippen molar-refractivity contribution in [3.63, 3.8) is 0 Å². The third kappa shape index (κ3) is 5.50. The minimum absolute atomic E-state index is 0.0363. The average molecular weight is 466 g/mol. The lowest BCUT2D eigenvalue weighted by Gasteiger charge is -2.17. The van der Waals surface area contributed by atoms with E-state index in [0.717, 1.165) is 11.1 Å². The van der Waals surface area contributed by atoms with Crippen LogP contribution in [0.5, 0.6) is 0 Å². The molecule has 172 valence electrons. The molecule has 0 radical (unpaired) electrons. The Bertz CT molecular complexity index is 1300. The average Bonchev–Trinajstić information content (AvgIpc) is 2.79. The first kappa shape index (κ1) is 23.8. The number of nitrogens with one attached hydrogen (secondary N) is 3. The van der Waals surface area contributed by atoms with Crippen molar-refractivity contribution < 1.29 is 13.2 Å². The largest absolute Gasteiger partial charge is 0.398 e. The Morgan fingerprint density at radius 1 is 0.909 bits per heavy atom. The second-order valence-corrected chi connectivity index (χ2v) is 8.90. The number of primary amides is 1. The van der Waals surface area contributed by atoms with Crippen molar-refractivity contribution in [2.24, 2.45) is 5.73 Å². The van der Waals surface area contributed by atoms with Gasteiger partial charge in [0.1, 0.15) is 0 Å². The lowest BCUT2D eigenvalue weighted by molar-refractivity contribution is 0.1000. The van der Waals surface area contributed by atoms with Crippen LogP contribution >= 0.6 is 0 Å². The number of anilines is 3. The molecule has 0 saturated heterocycles. The van der Waals surface area contributed by atoms with Gasteiger partial charge in [0.2, 0.25) is 5.91 Å². The highest BCUT2D eigenvalue weighted by atomic mass is 32.2. The third-order valence-electron chi connectivity index (χ3n) is 5.25. The molecule has 0 aliphatic rings. The van der Waals surface area contributed by atoms with Crippen LogP contribution in [0.4, 0.5) is 17.1 Å². The van der Waals surface area contributed by atoms with Crippen molar-refractivity contribution in [3.05, 3.63) is 88.5 Å². The summed E-state index contributed by atoms with van der Waals surface area (Å²) in [6, 6.07) is 16.5. The van der Waals surface area contributed by atoms with Gasteiger partial charge in [0, 0.05) is 22.4 Å². The van der Waals surface area contributed by atoms with Crippen LogP contribution in [0.3, 0.4) is 0 Å². The highest BCUT2D eigenvalue weighted by molar-refractivity contribution is 7.94. The molecule has 0 spiro atoms. The summed E-state index contributed by atoms with van der Waals surface area (Å²) in [5, 5.41) is 8.54. The third-order valence-corrected chi connectivity index (χ3v) is 6.22. The number of hydrogen-bond donors (Lipinski definition) is 5. The van der Waals surface area contributed by atoms with Gasteiger partial charge in [-0.15, -0.1) is 0 Å². The lowest BCUT2D eigenvalue weighted by Crippen LogP contribution is -2.23. The van der Waals surface area contributed by atoms with Gasteiger partial charge >= 0.3 is 10.2 Å². The van der Waals surface area contributed by atoms with E-state index >= 15 is 0 Å². The van der Waals surface area contributed by atoms with Crippen LogP contribution < -0.4 is 20.9 Å². The standard InChI is InChI=1S/C24H27N5O3S/c1-3-15-7-5-8-16(4-2)23(15)29-33(31,32)28-19-11-12-21(25)20(14-19)22(26)17-9-6-10-18(13-17)24(27)30/h5-14,26,28-29H,3-4,25H2,1-2H3,(H2,27,30). The van der Waals surface area contributed by atoms with E-state index in [1.807, 2.05) is 32.0 Å². The Morgan fingerprint density at radius 2 is 1.52 bits per heavy atom. The number of carbonyl (C=O) groups excluding carboxylic acids is 1. The molecule has 7 N–H and O–H groups in total. The molecule has 0 aliphatic heterocycles. The van der Waals surface area contributed by atoms with Crippen molar-refractivity contribution in [1.82, 2.24) is 0 Å². The van der Waals surface area contributed by atoms with Crippen molar-refractivity contribution in [2.75, 3.05) is 15.2 Å². The zero-order chi connectivity index (χ0) is 24.2. The summed E-state index contributed by atoms with van der Waals surface area (Å²) >= 11 is 0. The Labute approximate surface area is 193 Å². The van der Waals surface area contributed by atoms with Gasteiger partial charge in [0.05, 0.1) is 17.1 Å². The topological polar surface area (TPSA) is 151 Å². The van der Waals surface area contributed by atoms with Crippen LogP contribution in [-0.2, 0) is 23.1 Å². The van der Waals surface area contributed by atoms with Gasteiger partial charge in [-0.3, -0.25) is 19.6 Å². The first-order valence-electron chi connectivity index (χ1n) is 10.4. The zero-order valence-corrected chi connectivity index (χ0v) is 19.3. The molecule has 0 fully saturated rings. The molecule has 9 heteroatoms. The van der Waals surface area contributed by atoms with Gasteiger partial charge in [-0.2, -0.15) is 8.42 Å². The normalized spacial score (nSPS) is 11.1. The van der Waals surface area contributed by atoms with E-state index < -0.39 is 16.1 Å². The summed E-state index contributed by atoms with van der Waals surface area (Å²) in [7, 11) is -3.96. The van der Waals surface area contributed by atoms with Gasteiger partial charge in [0.25, 0.3) is 0 Å². The summed E-state index contributed by atoms with van der Waals surface area (Å²) in [4.78, 5) is 11.5. The fraction of sp³-hybridized carbons (Fsp3) is 0.167. The zero-order valence-electron chi connectivity index (χ0n) is 18.5. The smallest absolute Gasteiger partial charge is 0.321 e. The number of benzene rings is 3. The summed E-state index contributed by atoms with van der Waals surface area (Å²) in [5.74, 6) is -0.607. The quantitative estimate of drug-likeness (QED) is 0.242. The van der Waals surface area contributed by atoms with E-state index in [9.17, 15) is 13.2 Å². The van der Waals surface area contributed by atoms with Crippen LogP contribution in [-0.4, -0.2) is 20.0 Å². The van der Waals surface area contributed by atoms with Crippen molar-refractivity contribution in [2.45, 2.75) is 26.7 Å². The number of aryl methyl sites for hydroxylation is 2. The molecule has 0 unspecified atom stereocenters. The molecule has 0 heterocycles. The van der Waals surface area contributed by atoms with Gasteiger partial charge < -0.3 is 11.5 Å². The molecule has 8 nitrogen and oxygen atoms in total. The van der Waals surface area contributed by atoms with Gasteiger partial charge in [-0.25, -0.2) is 0 Å². The number of para-hydroxylation sites is 1. The van der Waals surface area contributed by atoms with Crippen LogP contribution in [0.2, 0.25) is 0 Å². The molecule has 1 amide bonds. The number of hydrogen-bond acceptors (Lipinski definition) is 5. The van der Waals surface area contributed by atoms with E-state index in [-0.39, 0.29) is 17.0 Å². The second-order valence-electron chi connectivity index (χ2n) is 7.49. The van der Waals surface area contributed by atoms with Crippen LogP contribution in [0.1, 0.15) is 46.5 Å². The molecule has 0 saturated carbocycles. The van der Waals surface area contributed by atoms with Crippen molar-refractivity contribution in [3.8, 4) is 0 Å². The molecule has 0 aliphatic carbocycles.